The molecule has 0 fully saturated rings. The van der Waals surface area contributed by atoms with Crippen molar-refractivity contribution >= 4 is 10.9 Å². The lowest BCUT2D eigenvalue weighted by atomic mass is 10.3. The predicted octanol–water partition coefficient (Wildman–Crippen LogP) is 2.08. The lowest BCUT2D eigenvalue weighted by Gasteiger charge is -1.89. The van der Waals surface area contributed by atoms with Crippen LogP contribution in [0.1, 0.15) is 0 Å². The summed E-state index contributed by atoms with van der Waals surface area (Å²) >= 11 is 0. The summed E-state index contributed by atoms with van der Waals surface area (Å²) in [7, 11) is 0. The van der Waals surface area contributed by atoms with Crippen LogP contribution in [0.3, 0.4) is 0 Å². The van der Waals surface area contributed by atoms with Gasteiger partial charge >= 0.3 is 0 Å². The van der Waals surface area contributed by atoms with Gasteiger partial charge in [-0.25, -0.2) is 0 Å². The van der Waals surface area contributed by atoms with Gasteiger partial charge in [0.2, 0.25) is 5.88 Å². The highest BCUT2D eigenvalue weighted by Gasteiger charge is 2.04. The second-order valence-corrected chi connectivity index (χ2v) is 2.34. The Morgan fingerprint density at radius 1 is 1.27 bits per heavy atom. The van der Waals surface area contributed by atoms with Crippen LogP contribution in [0, 0.1) is 0 Å². The Bertz CT molecular complexity index is 394. The molecule has 0 saturated carbocycles. The zero-order valence-electron chi connectivity index (χ0n) is 5.66. The first kappa shape index (κ1) is 6.22. The van der Waals surface area contributed by atoms with Crippen LogP contribution in [0.2, 0.25) is 0 Å². The molecule has 2 aromatic rings. The molecule has 1 aromatic heterocycles. The first-order chi connectivity index (χ1) is 5.29. The number of nitrogens with zero attached hydrogens (tertiary/aromatic N) is 1. The summed E-state index contributed by atoms with van der Waals surface area (Å²) in [4.78, 5) is 0.259. The van der Waals surface area contributed by atoms with Crippen molar-refractivity contribution in [3.8, 4) is 5.88 Å². The summed E-state index contributed by atoms with van der Waals surface area (Å²) < 4.78 is 12.8. The maximum Gasteiger partial charge on any atom is 0.221 e. The summed E-state index contributed by atoms with van der Waals surface area (Å²) in [5.41, 5.74) is 0.394. The number of aromatic hydroxyl groups is 1. The highest BCUT2D eigenvalue weighted by atomic mass is 19.2. The Kier molecular flexibility index (Phi) is 1.12. The molecule has 0 amide bonds. The number of hydrogen-bond donors (Lipinski definition) is 1. The summed E-state index contributed by atoms with van der Waals surface area (Å²) in [6.45, 7) is 0. The van der Waals surface area contributed by atoms with Crippen molar-refractivity contribution in [1.82, 2.24) is 4.79 Å². The standard InChI is InChI=1S/C8H6FNO/c9-10-7-4-2-1-3-6(7)5-8(10)11/h1-5,11H. The molecular formula is C8H6FNO. The van der Waals surface area contributed by atoms with E-state index in [0.29, 0.717) is 10.9 Å². The Hall–Kier alpha value is -1.51. The third-order valence-corrected chi connectivity index (χ3v) is 1.63. The molecule has 0 bridgehead atoms. The number of halogens is 1. The Morgan fingerprint density at radius 2 is 2.00 bits per heavy atom. The van der Waals surface area contributed by atoms with Gasteiger partial charge in [-0.1, -0.05) is 22.7 Å². The van der Waals surface area contributed by atoms with Crippen molar-refractivity contribution in [2.75, 3.05) is 0 Å². The molecule has 2 rings (SSSR count). The fourth-order valence-electron chi connectivity index (χ4n) is 1.11. The van der Waals surface area contributed by atoms with Gasteiger partial charge < -0.3 is 5.11 Å². The maximum absolute atomic E-state index is 12.8. The van der Waals surface area contributed by atoms with Crippen LogP contribution in [0.5, 0.6) is 5.88 Å². The minimum atomic E-state index is -0.355. The van der Waals surface area contributed by atoms with Gasteiger partial charge in [-0.2, -0.15) is 0 Å². The Morgan fingerprint density at radius 3 is 2.73 bits per heavy atom. The van der Waals surface area contributed by atoms with E-state index in [-0.39, 0.29) is 10.7 Å². The number of para-hydroxylation sites is 1. The van der Waals surface area contributed by atoms with Crippen LogP contribution in [0.15, 0.2) is 30.3 Å². The van der Waals surface area contributed by atoms with Crippen molar-refractivity contribution in [2.45, 2.75) is 0 Å². The van der Waals surface area contributed by atoms with Crippen LogP contribution < -0.4 is 0 Å². The number of benzene rings is 1. The SMILES string of the molecule is Oc1cc2ccccc2n1F. The largest absolute Gasteiger partial charge is 0.493 e. The molecule has 0 spiro atoms. The van der Waals surface area contributed by atoms with Gasteiger partial charge in [0, 0.05) is 11.5 Å². The van der Waals surface area contributed by atoms with Crippen molar-refractivity contribution in [1.29, 1.82) is 0 Å². The number of hydrogen-bond acceptors (Lipinski definition) is 1. The van der Waals surface area contributed by atoms with Crippen LogP contribution in [0.4, 0.5) is 4.48 Å². The minimum Gasteiger partial charge on any atom is -0.493 e. The van der Waals surface area contributed by atoms with Crippen molar-refractivity contribution in [3.63, 3.8) is 0 Å². The molecule has 0 unspecified atom stereocenters. The van der Waals surface area contributed by atoms with E-state index < -0.39 is 0 Å². The fourth-order valence-corrected chi connectivity index (χ4v) is 1.11. The lowest BCUT2D eigenvalue weighted by molar-refractivity contribution is 0.305. The highest BCUT2D eigenvalue weighted by Crippen LogP contribution is 2.23. The first-order valence-electron chi connectivity index (χ1n) is 3.24. The van der Waals surface area contributed by atoms with E-state index in [2.05, 4.69) is 0 Å². The van der Waals surface area contributed by atoms with E-state index in [1.54, 1.807) is 24.3 Å². The molecule has 0 radical (unpaired) electrons. The van der Waals surface area contributed by atoms with E-state index in [1.165, 1.54) is 6.07 Å². The lowest BCUT2D eigenvalue weighted by Crippen LogP contribution is -1.77. The van der Waals surface area contributed by atoms with Gasteiger partial charge in [0.15, 0.2) is 0 Å². The molecule has 11 heavy (non-hydrogen) atoms. The van der Waals surface area contributed by atoms with Crippen molar-refractivity contribution < 1.29 is 9.59 Å². The van der Waals surface area contributed by atoms with Crippen LogP contribution in [-0.2, 0) is 0 Å². The fraction of sp³-hybridized carbons (Fsp3) is 0. The molecule has 1 aromatic carbocycles. The average Bonchev–Trinajstić information content (AvgIpc) is 2.30. The Labute approximate surface area is 62.4 Å². The van der Waals surface area contributed by atoms with Gasteiger partial charge in [0.1, 0.15) is 0 Å². The number of aromatic nitrogens is 1. The van der Waals surface area contributed by atoms with Gasteiger partial charge in [0.25, 0.3) is 0 Å². The second-order valence-electron chi connectivity index (χ2n) is 2.34. The molecular weight excluding hydrogens is 145 g/mol. The van der Waals surface area contributed by atoms with Crippen LogP contribution >= 0.6 is 0 Å². The third-order valence-electron chi connectivity index (χ3n) is 1.63. The summed E-state index contributed by atoms with van der Waals surface area (Å²) in [6, 6.07) is 8.25. The molecule has 3 heteroatoms. The van der Waals surface area contributed by atoms with Crippen LogP contribution in [0.25, 0.3) is 10.9 Å². The number of fused-ring (bicyclic) bond motifs is 1. The van der Waals surface area contributed by atoms with Gasteiger partial charge in [0.05, 0.1) is 5.52 Å². The number of rotatable bonds is 0. The van der Waals surface area contributed by atoms with E-state index in [9.17, 15) is 4.48 Å². The van der Waals surface area contributed by atoms with Gasteiger partial charge in [-0.05, 0) is 6.07 Å². The molecule has 0 aliphatic heterocycles. The molecule has 0 aliphatic carbocycles. The summed E-state index contributed by atoms with van der Waals surface area (Å²) in [5.74, 6) is -0.355. The van der Waals surface area contributed by atoms with Crippen LogP contribution in [-0.4, -0.2) is 9.90 Å². The summed E-state index contributed by atoms with van der Waals surface area (Å²) in [5, 5.41) is 9.63. The zero-order chi connectivity index (χ0) is 7.84. The molecule has 2 nitrogen and oxygen atoms in total. The van der Waals surface area contributed by atoms with Gasteiger partial charge in [-0.3, -0.25) is 0 Å². The van der Waals surface area contributed by atoms with E-state index in [1.807, 2.05) is 0 Å². The Balaban J connectivity index is 2.92. The quantitative estimate of drug-likeness (QED) is 0.612. The third kappa shape index (κ3) is 0.774. The highest BCUT2D eigenvalue weighted by molar-refractivity contribution is 5.81. The van der Waals surface area contributed by atoms with Gasteiger partial charge in [-0.15, -0.1) is 4.79 Å². The van der Waals surface area contributed by atoms with E-state index in [0.717, 1.165) is 0 Å². The molecule has 56 valence electrons. The summed E-state index contributed by atoms with van der Waals surface area (Å²) in [6.07, 6.45) is 0. The van der Waals surface area contributed by atoms with Crippen molar-refractivity contribution in [2.24, 2.45) is 0 Å². The molecule has 0 aliphatic rings. The molecule has 1 N–H and O–H groups in total. The van der Waals surface area contributed by atoms with Crippen molar-refractivity contribution in [3.05, 3.63) is 30.3 Å². The molecule has 0 saturated heterocycles. The van der Waals surface area contributed by atoms with E-state index >= 15 is 0 Å². The molecule has 1 heterocycles. The topological polar surface area (TPSA) is 25.2 Å². The second kappa shape index (κ2) is 1.99. The normalized spacial score (nSPS) is 10.6. The predicted molar refractivity (Wildman–Crippen MR) is 40.1 cm³/mol. The minimum absolute atomic E-state index is 0.259. The molecule has 0 atom stereocenters. The smallest absolute Gasteiger partial charge is 0.221 e. The van der Waals surface area contributed by atoms with E-state index in [4.69, 9.17) is 5.11 Å². The first-order valence-corrected chi connectivity index (χ1v) is 3.24. The maximum atomic E-state index is 12.8. The monoisotopic (exact) mass is 151 g/mol. The average molecular weight is 151 g/mol. The zero-order valence-corrected chi connectivity index (χ0v) is 5.66.